The highest BCUT2D eigenvalue weighted by Crippen LogP contribution is 2.45. The second-order valence-electron chi connectivity index (χ2n) is 18.4. The quantitative estimate of drug-likeness (QED) is 0.176. The molecule has 0 fully saturated rings. The first kappa shape index (κ1) is 37.9. The van der Waals surface area contributed by atoms with Crippen molar-refractivity contribution in [3.05, 3.63) is 212 Å². The number of benzene rings is 11. The molecule has 0 aliphatic carbocycles. The van der Waals surface area contributed by atoms with Crippen LogP contribution in [0.4, 0.5) is 0 Å². The molecule has 0 N–H and O–H groups in total. The highest BCUT2D eigenvalue weighted by atomic mass is 32.1. The predicted octanol–water partition coefficient (Wildman–Crippen LogP) is 17.1. The van der Waals surface area contributed by atoms with E-state index in [1.165, 1.54) is 52.5 Å². The normalized spacial score (nSPS) is 12.3. The van der Waals surface area contributed by atoms with E-state index in [4.69, 9.17) is 19.4 Å². The van der Waals surface area contributed by atoms with Gasteiger partial charge in [-0.2, -0.15) is 9.97 Å². The van der Waals surface area contributed by atoms with Crippen molar-refractivity contribution in [2.24, 2.45) is 0 Å². The molecule has 5 aromatic heterocycles. The van der Waals surface area contributed by atoms with Gasteiger partial charge in [0, 0.05) is 63.6 Å². The second-order valence-corrected chi connectivity index (χ2v) is 19.4. The lowest BCUT2D eigenvalue weighted by molar-refractivity contribution is 0.672. The molecule has 11 aromatic carbocycles. The number of para-hydroxylation sites is 2. The number of furan rings is 1. The number of thiophene rings is 1. The Morgan fingerprint density at radius 3 is 1.59 bits per heavy atom. The molecular formula is C63H35N5OS. The third kappa shape index (κ3) is 5.40. The predicted molar refractivity (Wildman–Crippen MR) is 292 cm³/mol. The van der Waals surface area contributed by atoms with Crippen LogP contribution >= 0.6 is 11.3 Å². The summed E-state index contributed by atoms with van der Waals surface area (Å²) in [5.74, 6) is 1.67. The molecule has 0 amide bonds. The maximum Gasteiger partial charge on any atom is 0.238 e. The van der Waals surface area contributed by atoms with Crippen molar-refractivity contribution in [2.45, 2.75) is 0 Å². The van der Waals surface area contributed by atoms with Crippen molar-refractivity contribution in [3.8, 4) is 34.4 Å². The summed E-state index contributed by atoms with van der Waals surface area (Å²) in [5.41, 5.74) is 8.58. The summed E-state index contributed by atoms with van der Waals surface area (Å²) < 4.78 is 14.3. The minimum atomic E-state index is 0.541. The largest absolute Gasteiger partial charge is 0.455 e. The first-order chi connectivity index (χ1) is 34.7. The smallest absolute Gasteiger partial charge is 0.238 e. The SMILES string of the molecule is c1ccc2cc3c(cc2c1)c1cc2ccccc2cc1n3-c1cc(-c2nc(-c3ccc4sc5ccccc5c4c3)nc(-n3c4ccccc4c4ccccc43)n2)cc2oc3c4ccccc4ccc3c12. The van der Waals surface area contributed by atoms with E-state index in [9.17, 15) is 0 Å². The van der Waals surface area contributed by atoms with Gasteiger partial charge in [0.2, 0.25) is 5.95 Å². The van der Waals surface area contributed by atoms with E-state index < -0.39 is 0 Å². The van der Waals surface area contributed by atoms with Crippen molar-refractivity contribution in [1.29, 1.82) is 0 Å². The van der Waals surface area contributed by atoms with Crippen LogP contribution in [0, 0.1) is 0 Å². The average Bonchev–Trinajstić information content (AvgIpc) is 4.17. The van der Waals surface area contributed by atoms with Gasteiger partial charge in [-0.15, -0.1) is 11.3 Å². The molecule has 0 saturated heterocycles. The van der Waals surface area contributed by atoms with E-state index in [1.807, 2.05) is 0 Å². The molecule has 70 heavy (non-hydrogen) atoms. The molecule has 0 saturated carbocycles. The van der Waals surface area contributed by atoms with E-state index in [2.05, 4.69) is 221 Å². The van der Waals surface area contributed by atoms with Gasteiger partial charge < -0.3 is 8.98 Å². The Hall–Kier alpha value is -9.17. The Labute approximate surface area is 402 Å². The van der Waals surface area contributed by atoms with E-state index >= 15 is 0 Å². The molecule has 0 atom stereocenters. The molecule has 0 unspecified atom stereocenters. The van der Waals surface area contributed by atoms with Gasteiger partial charge in [-0.25, -0.2) is 4.98 Å². The summed E-state index contributed by atoms with van der Waals surface area (Å²) in [4.78, 5) is 16.4. The van der Waals surface area contributed by atoms with Gasteiger partial charge in [-0.3, -0.25) is 4.57 Å². The van der Waals surface area contributed by atoms with Gasteiger partial charge >= 0.3 is 0 Å². The van der Waals surface area contributed by atoms with Gasteiger partial charge in [-0.1, -0.05) is 133 Å². The first-order valence-corrected chi connectivity index (χ1v) is 24.4. The third-order valence-electron chi connectivity index (χ3n) is 14.5. The van der Waals surface area contributed by atoms with Gasteiger partial charge in [0.15, 0.2) is 11.6 Å². The molecule has 0 radical (unpaired) electrons. The number of hydrogen-bond acceptors (Lipinski definition) is 5. The standard InChI is InChI=1S/C63H35N5OS/c1-3-16-39-32-53-48(29-37(39)14-1)49-30-38-15-2-4-17-40(38)33-54(49)67(53)55-34-42(35-56-59(55)47-27-25-36-13-5-6-18-43(36)60(47)69-56)62-64-61(41-26-28-58-50(31-41)46-21-9-12-24-57(46)70-58)65-63(66-62)68-51-22-10-7-19-44(51)45-20-8-11-23-52(45)68/h1-35H. The zero-order valence-corrected chi connectivity index (χ0v) is 38.1. The van der Waals surface area contributed by atoms with E-state index in [0.29, 0.717) is 17.6 Å². The molecular weight excluding hydrogens is 875 g/mol. The molecule has 0 bridgehead atoms. The number of rotatable bonds is 4. The van der Waals surface area contributed by atoms with Crippen molar-refractivity contribution in [3.63, 3.8) is 0 Å². The Balaban J connectivity index is 1.04. The van der Waals surface area contributed by atoms with Gasteiger partial charge in [0.05, 0.1) is 33.1 Å². The highest BCUT2D eigenvalue weighted by Gasteiger charge is 2.24. The summed E-state index contributed by atoms with van der Waals surface area (Å²) in [7, 11) is 0. The minimum Gasteiger partial charge on any atom is -0.455 e. The fourth-order valence-corrected chi connectivity index (χ4v) is 12.4. The van der Waals surface area contributed by atoms with E-state index in [1.54, 1.807) is 11.3 Å². The van der Waals surface area contributed by atoms with Crippen LogP contribution in [0.2, 0.25) is 0 Å². The highest BCUT2D eigenvalue weighted by molar-refractivity contribution is 7.25. The lowest BCUT2D eigenvalue weighted by atomic mass is 10.0. The molecule has 324 valence electrons. The molecule has 5 heterocycles. The summed E-state index contributed by atoms with van der Waals surface area (Å²) in [5, 5.41) is 16.1. The first-order valence-electron chi connectivity index (χ1n) is 23.6. The molecule has 16 rings (SSSR count). The Morgan fingerprint density at radius 1 is 0.343 bits per heavy atom. The number of hydrogen-bond donors (Lipinski definition) is 0. The van der Waals surface area contributed by atoms with Crippen LogP contribution in [-0.4, -0.2) is 24.1 Å². The molecule has 0 spiro atoms. The monoisotopic (exact) mass is 909 g/mol. The topological polar surface area (TPSA) is 61.7 Å². The summed E-state index contributed by atoms with van der Waals surface area (Å²) in [6.45, 7) is 0. The van der Waals surface area contributed by atoms with Crippen molar-refractivity contribution in [2.75, 3.05) is 0 Å². The summed E-state index contributed by atoms with van der Waals surface area (Å²) in [6, 6.07) is 76.2. The summed E-state index contributed by atoms with van der Waals surface area (Å²) in [6.07, 6.45) is 0. The van der Waals surface area contributed by atoms with Crippen LogP contribution in [0.25, 0.3) is 152 Å². The van der Waals surface area contributed by atoms with Crippen molar-refractivity contribution >= 4 is 129 Å². The number of nitrogens with zero attached hydrogens (tertiary/aromatic N) is 5. The van der Waals surface area contributed by atoms with E-state index in [-0.39, 0.29) is 0 Å². The molecule has 16 aromatic rings. The Bertz CT molecular complexity index is 4770. The maximum atomic E-state index is 7.16. The molecule has 0 aliphatic rings. The zero-order chi connectivity index (χ0) is 45.6. The number of fused-ring (bicyclic) bond motifs is 16. The lowest BCUT2D eigenvalue weighted by Crippen LogP contribution is -2.06. The fraction of sp³-hybridized carbons (Fsp3) is 0. The lowest BCUT2D eigenvalue weighted by Gasteiger charge is -2.14. The van der Waals surface area contributed by atoms with Crippen LogP contribution in [0.15, 0.2) is 217 Å². The van der Waals surface area contributed by atoms with Crippen LogP contribution in [-0.2, 0) is 0 Å². The number of aromatic nitrogens is 5. The van der Waals surface area contributed by atoms with Gasteiger partial charge in [0.25, 0.3) is 0 Å². The van der Waals surface area contributed by atoms with Crippen LogP contribution in [0.3, 0.4) is 0 Å². The van der Waals surface area contributed by atoms with Crippen molar-refractivity contribution in [1.82, 2.24) is 24.1 Å². The third-order valence-corrected chi connectivity index (χ3v) is 15.6. The van der Waals surface area contributed by atoms with Crippen LogP contribution < -0.4 is 0 Å². The maximum absolute atomic E-state index is 7.16. The minimum absolute atomic E-state index is 0.541. The van der Waals surface area contributed by atoms with Gasteiger partial charge in [-0.05, 0) is 106 Å². The molecule has 0 aliphatic heterocycles. The Morgan fingerprint density at radius 2 is 0.900 bits per heavy atom. The molecule has 7 heteroatoms. The summed E-state index contributed by atoms with van der Waals surface area (Å²) >= 11 is 1.81. The van der Waals surface area contributed by atoms with Crippen LogP contribution in [0.1, 0.15) is 0 Å². The van der Waals surface area contributed by atoms with Crippen LogP contribution in [0.5, 0.6) is 0 Å². The average molecular weight is 910 g/mol. The Kier molecular flexibility index (Phi) is 7.67. The fourth-order valence-electron chi connectivity index (χ4n) is 11.3. The van der Waals surface area contributed by atoms with Crippen molar-refractivity contribution < 1.29 is 4.42 Å². The second kappa shape index (κ2) is 14.2. The zero-order valence-electron chi connectivity index (χ0n) is 37.3. The van der Waals surface area contributed by atoms with E-state index in [0.717, 1.165) is 82.4 Å². The molecule has 6 nitrogen and oxygen atoms in total. The van der Waals surface area contributed by atoms with Gasteiger partial charge in [0.1, 0.15) is 11.2 Å².